The molecular formula is C16H24O6. The number of methoxy groups -OCH3 is 1. The van der Waals surface area contributed by atoms with Crippen molar-refractivity contribution in [1.29, 1.82) is 0 Å². The summed E-state index contributed by atoms with van der Waals surface area (Å²) in [4.78, 5) is 31.3. The standard InChI is InChI=1S/C10H16O2.C6H8O4/c1-8(10(11)12-2)9-6-4-3-5-7-9;1-2-10-6(9)4-3-5(7)8/h9H,1,3-7H2,2H3;3-4H,2H2,1H3,(H,7,8)/b;4-3-. The van der Waals surface area contributed by atoms with Crippen molar-refractivity contribution < 1.29 is 29.0 Å². The van der Waals surface area contributed by atoms with E-state index in [0.717, 1.165) is 25.0 Å². The molecule has 1 aliphatic carbocycles. The summed E-state index contributed by atoms with van der Waals surface area (Å²) in [5.41, 5.74) is 0.664. The van der Waals surface area contributed by atoms with Gasteiger partial charge < -0.3 is 14.6 Å². The number of carbonyl (C=O) groups is 3. The van der Waals surface area contributed by atoms with Crippen LogP contribution in [0.3, 0.4) is 0 Å². The van der Waals surface area contributed by atoms with Crippen molar-refractivity contribution in [2.75, 3.05) is 13.7 Å². The van der Waals surface area contributed by atoms with Crippen LogP contribution in [0.15, 0.2) is 24.3 Å². The second-order valence-corrected chi connectivity index (χ2v) is 4.78. The lowest BCUT2D eigenvalue weighted by Crippen LogP contribution is -2.16. The summed E-state index contributed by atoms with van der Waals surface area (Å²) in [5.74, 6) is -1.65. The lowest BCUT2D eigenvalue weighted by Gasteiger charge is -2.21. The monoisotopic (exact) mass is 312 g/mol. The zero-order valence-electron chi connectivity index (χ0n) is 13.2. The van der Waals surface area contributed by atoms with Crippen LogP contribution in [0.25, 0.3) is 0 Å². The summed E-state index contributed by atoms with van der Waals surface area (Å²) in [6, 6.07) is 0. The van der Waals surface area contributed by atoms with Gasteiger partial charge in [0.05, 0.1) is 13.7 Å². The fourth-order valence-corrected chi connectivity index (χ4v) is 2.08. The van der Waals surface area contributed by atoms with Gasteiger partial charge in [-0.1, -0.05) is 25.8 Å². The van der Waals surface area contributed by atoms with Gasteiger partial charge in [-0.05, 0) is 25.7 Å². The molecule has 124 valence electrons. The maximum atomic E-state index is 11.1. The molecule has 0 unspecified atom stereocenters. The number of hydrogen-bond donors (Lipinski definition) is 1. The van der Waals surface area contributed by atoms with Crippen molar-refractivity contribution in [3.05, 3.63) is 24.3 Å². The maximum absolute atomic E-state index is 11.1. The number of ether oxygens (including phenoxy) is 2. The van der Waals surface area contributed by atoms with Crippen molar-refractivity contribution in [3.8, 4) is 0 Å². The molecular weight excluding hydrogens is 288 g/mol. The first kappa shape index (κ1) is 19.9. The van der Waals surface area contributed by atoms with Crippen LogP contribution in [0.1, 0.15) is 39.0 Å². The molecule has 0 amide bonds. The highest BCUT2D eigenvalue weighted by Crippen LogP contribution is 2.29. The van der Waals surface area contributed by atoms with E-state index in [1.54, 1.807) is 6.92 Å². The number of carboxylic acid groups (broad SMARTS) is 1. The second-order valence-electron chi connectivity index (χ2n) is 4.78. The maximum Gasteiger partial charge on any atom is 0.333 e. The zero-order chi connectivity index (χ0) is 17.0. The van der Waals surface area contributed by atoms with Crippen LogP contribution in [0.2, 0.25) is 0 Å². The largest absolute Gasteiger partial charge is 0.478 e. The second kappa shape index (κ2) is 11.5. The first-order chi connectivity index (χ1) is 10.4. The summed E-state index contributed by atoms with van der Waals surface area (Å²) in [6.45, 7) is 5.67. The first-order valence-corrected chi connectivity index (χ1v) is 7.27. The molecule has 0 saturated heterocycles. The molecule has 0 aromatic carbocycles. The highest BCUT2D eigenvalue weighted by molar-refractivity contribution is 5.90. The molecule has 0 spiro atoms. The number of carbonyl (C=O) groups excluding carboxylic acids is 2. The molecule has 1 fully saturated rings. The quantitative estimate of drug-likeness (QED) is 0.619. The molecule has 0 aromatic rings. The summed E-state index contributed by atoms with van der Waals surface area (Å²) < 4.78 is 9.03. The Hall–Kier alpha value is -2.11. The van der Waals surface area contributed by atoms with E-state index in [1.165, 1.54) is 26.4 Å². The van der Waals surface area contributed by atoms with Crippen LogP contribution in [-0.2, 0) is 23.9 Å². The van der Waals surface area contributed by atoms with Gasteiger partial charge in [-0.2, -0.15) is 0 Å². The Labute approximate surface area is 130 Å². The van der Waals surface area contributed by atoms with Gasteiger partial charge >= 0.3 is 17.9 Å². The summed E-state index contributed by atoms with van der Waals surface area (Å²) in [5, 5.41) is 8.04. The van der Waals surface area contributed by atoms with Gasteiger partial charge in [0.25, 0.3) is 0 Å². The third-order valence-electron chi connectivity index (χ3n) is 3.19. The van der Waals surface area contributed by atoms with E-state index in [2.05, 4.69) is 16.1 Å². The Kier molecular flexibility index (Phi) is 10.4. The van der Waals surface area contributed by atoms with Gasteiger partial charge in [0.1, 0.15) is 0 Å². The number of hydrogen-bond acceptors (Lipinski definition) is 5. The molecule has 6 nitrogen and oxygen atoms in total. The van der Waals surface area contributed by atoms with Crippen LogP contribution >= 0.6 is 0 Å². The van der Waals surface area contributed by atoms with Crippen LogP contribution in [0.4, 0.5) is 0 Å². The molecule has 1 N–H and O–H groups in total. The highest BCUT2D eigenvalue weighted by atomic mass is 16.5. The van der Waals surface area contributed by atoms with E-state index >= 15 is 0 Å². The molecule has 0 radical (unpaired) electrons. The third-order valence-corrected chi connectivity index (χ3v) is 3.19. The number of esters is 2. The lowest BCUT2D eigenvalue weighted by molar-refractivity contribution is -0.138. The Bertz CT molecular complexity index is 418. The Morgan fingerprint density at radius 2 is 1.77 bits per heavy atom. The molecule has 0 atom stereocenters. The summed E-state index contributed by atoms with van der Waals surface area (Å²) >= 11 is 0. The van der Waals surface area contributed by atoms with Crippen molar-refractivity contribution in [2.45, 2.75) is 39.0 Å². The molecule has 0 heterocycles. The minimum Gasteiger partial charge on any atom is -0.478 e. The van der Waals surface area contributed by atoms with E-state index in [4.69, 9.17) is 5.11 Å². The zero-order valence-corrected chi connectivity index (χ0v) is 13.2. The highest BCUT2D eigenvalue weighted by Gasteiger charge is 2.21. The average Bonchev–Trinajstić information content (AvgIpc) is 2.53. The molecule has 22 heavy (non-hydrogen) atoms. The van der Waals surface area contributed by atoms with Gasteiger partial charge in [0, 0.05) is 17.7 Å². The van der Waals surface area contributed by atoms with Crippen LogP contribution < -0.4 is 0 Å². The topological polar surface area (TPSA) is 89.9 Å². The van der Waals surface area contributed by atoms with E-state index in [1.807, 2.05) is 0 Å². The molecule has 1 rings (SSSR count). The third kappa shape index (κ3) is 8.94. The minimum atomic E-state index is -1.16. The molecule has 0 aliphatic heterocycles. The van der Waals surface area contributed by atoms with E-state index < -0.39 is 11.9 Å². The SMILES string of the molecule is C=C(C(=O)OC)C1CCCCC1.CCOC(=O)/C=C\C(=O)O. The normalized spacial score (nSPS) is 14.6. The average molecular weight is 312 g/mol. The van der Waals surface area contributed by atoms with Crippen molar-refractivity contribution in [1.82, 2.24) is 0 Å². The van der Waals surface area contributed by atoms with Gasteiger partial charge in [-0.3, -0.25) is 0 Å². The van der Waals surface area contributed by atoms with Crippen LogP contribution in [-0.4, -0.2) is 36.7 Å². The number of rotatable bonds is 5. The number of aliphatic carboxylic acids is 1. The fraction of sp³-hybridized carbons (Fsp3) is 0.562. The molecule has 1 aliphatic rings. The van der Waals surface area contributed by atoms with Gasteiger partial charge in [-0.25, -0.2) is 14.4 Å². The van der Waals surface area contributed by atoms with Crippen molar-refractivity contribution in [3.63, 3.8) is 0 Å². The van der Waals surface area contributed by atoms with E-state index in [-0.39, 0.29) is 12.6 Å². The molecule has 0 aromatic heterocycles. The Morgan fingerprint density at radius 1 is 1.18 bits per heavy atom. The fourth-order valence-electron chi connectivity index (χ4n) is 2.08. The lowest BCUT2D eigenvalue weighted by atomic mass is 9.84. The molecule has 1 saturated carbocycles. The Balaban J connectivity index is 0.000000409. The van der Waals surface area contributed by atoms with Crippen LogP contribution in [0.5, 0.6) is 0 Å². The smallest absolute Gasteiger partial charge is 0.333 e. The first-order valence-electron chi connectivity index (χ1n) is 7.27. The Morgan fingerprint density at radius 3 is 2.23 bits per heavy atom. The summed E-state index contributed by atoms with van der Waals surface area (Å²) in [7, 11) is 1.41. The van der Waals surface area contributed by atoms with Crippen molar-refractivity contribution in [2.24, 2.45) is 5.92 Å². The van der Waals surface area contributed by atoms with Crippen molar-refractivity contribution >= 4 is 17.9 Å². The minimum absolute atomic E-state index is 0.234. The van der Waals surface area contributed by atoms with Crippen LogP contribution in [0, 0.1) is 5.92 Å². The predicted octanol–water partition coefficient (Wildman–Crippen LogP) is 2.49. The molecule has 0 bridgehead atoms. The van der Waals surface area contributed by atoms with E-state index in [9.17, 15) is 14.4 Å². The van der Waals surface area contributed by atoms with Gasteiger partial charge in [0.2, 0.25) is 0 Å². The number of carboxylic acids is 1. The van der Waals surface area contributed by atoms with E-state index in [0.29, 0.717) is 11.5 Å². The van der Waals surface area contributed by atoms with Gasteiger partial charge in [0.15, 0.2) is 0 Å². The predicted molar refractivity (Wildman–Crippen MR) is 81.1 cm³/mol. The van der Waals surface area contributed by atoms with Gasteiger partial charge in [-0.15, -0.1) is 0 Å². The molecule has 6 heteroatoms. The summed E-state index contributed by atoms with van der Waals surface area (Å²) in [6.07, 6.45) is 7.55.